The predicted molar refractivity (Wildman–Crippen MR) is 183 cm³/mol. The van der Waals surface area contributed by atoms with E-state index in [1.807, 2.05) is 53.7 Å². The maximum absolute atomic E-state index is 12.5. The third-order valence-electron chi connectivity index (χ3n) is 10.2. The molecule has 2 aliphatic heterocycles. The van der Waals surface area contributed by atoms with Crippen molar-refractivity contribution in [2.24, 2.45) is 22.7 Å². The Labute approximate surface area is 271 Å². The molecule has 4 aliphatic rings. The molecule has 10 nitrogen and oxygen atoms in total. The molecule has 4 aromatic rings. The zero-order chi connectivity index (χ0) is 32.4. The summed E-state index contributed by atoms with van der Waals surface area (Å²) in [5.41, 5.74) is 3.13. The Morgan fingerprint density at radius 2 is 1.09 bits per heavy atom. The van der Waals surface area contributed by atoms with Crippen LogP contribution < -0.4 is 21.3 Å². The van der Waals surface area contributed by atoms with Crippen LogP contribution in [0.1, 0.15) is 76.8 Å². The van der Waals surface area contributed by atoms with Crippen LogP contribution in [0.4, 0.5) is 11.4 Å². The van der Waals surface area contributed by atoms with Gasteiger partial charge in [-0.2, -0.15) is 19.6 Å². The summed E-state index contributed by atoms with van der Waals surface area (Å²) >= 11 is 0. The lowest BCUT2D eigenvalue weighted by molar-refractivity contribution is 0.0749. The van der Waals surface area contributed by atoms with Crippen LogP contribution in [0.5, 0.6) is 0 Å². The highest BCUT2D eigenvalue weighted by Crippen LogP contribution is 2.35. The van der Waals surface area contributed by atoms with Crippen molar-refractivity contribution in [1.29, 1.82) is 0 Å². The third kappa shape index (κ3) is 5.93. The van der Waals surface area contributed by atoms with Gasteiger partial charge >= 0.3 is 0 Å². The van der Waals surface area contributed by atoms with Gasteiger partial charge in [-0.05, 0) is 73.9 Å². The minimum Gasteiger partial charge on any atom is -0.382 e. The Morgan fingerprint density at radius 1 is 0.674 bits per heavy atom. The molecule has 4 fully saturated rings. The van der Waals surface area contributed by atoms with Crippen LogP contribution in [0.15, 0.2) is 48.8 Å². The van der Waals surface area contributed by atoms with E-state index in [0.717, 1.165) is 58.1 Å². The van der Waals surface area contributed by atoms with E-state index in [9.17, 15) is 9.59 Å². The minimum atomic E-state index is -0.439. The van der Waals surface area contributed by atoms with Crippen molar-refractivity contribution < 1.29 is 9.59 Å². The second-order valence-corrected chi connectivity index (χ2v) is 15.9. The van der Waals surface area contributed by atoms with Crippen molar-refractivity contribution in [3.05, 3.63) is 48.8 Å². The zero-order valence-corrected chi connectivity index (χ0v) is 27.9. The molecule has 6 unspecified atom stereocenters. The molecule has 8 rings (SSSR count). The van der Waals surface area contributed by atoms with Crippen molar-refractivity contribution in [3.63, 3.8) is 0 Å². The summed E-state index contributed by atoms with van der Waals surface area (Å²) in [6.45, 7) is 13.8. The van der Waals surface area contributed by atoms with Crippen LogP contribution in [-0.4, -0.2) is 68.6 Å². The number of fused-ring (bicyclic) bond motifs is 6. The summed E-state index contributed by atoms with van der Waals surface area (Å²) in [6.07, 6.45) is 8.55. The lowest BCUT2D eigenvalue weighted by Crippen LogP contribution is -2.36. The van der Waals surface area contributed by atoms with Crippen LogP contribution in [-0.2, 0) is 0 Å². The number of hydrogen-bond acceptors (Lipinski definition) is 8. The van der Waals surface area contributed by atoms with Gasteiger partial charge < -0.3 is 21.3 Å². The predicted octanol–water partition coefficient (Wildman–Crippen LogP) is 5.77. The van der Waals surface area contributed by atoms with Crippen LogP contribution in [0, 0.1) is 22.7 Å². The molecule has 6 atom stereocenters. The molecule has 0 radical (unpaired) electrons. The highest BCUT2D eigenvalue weighted by Gasteiger charge is 2.40. The van der Waals surface area contributed by atoms with E-state index in [4.69, 9.17) is 0 Å². The van der Waals surface area contributed by atoms with Gasteiger partial charge in [0.25, 0.3) is 11.8 Å². The number of rotatable bonds is 4. The van der Waals surface area contributed by atoms with Crippen molar-refractivity contribution in [3.8, 4) is 0 Å². The average Bonchev–Trinajstić information content (AvgIpc) is 3.85. The fraction of sp³-hybridized carbons (Fsp3) is 0.556. The van der Waals surface area contributed by atoms with E-state index in [-0.39, 0.29) is 11.8 Å². The van der Waals surface area contributed by atoms with Crippen molar-refractivity contribution in [1.82, 2.24) is 30.2 Å². The van der Waals surface area contributed by atoms with Gasteiger partial charge in [-0.25, -0.2) is 0 Å². The van der Waals surface area contributed by atoms with E-state index < -0.39 is 10.8 Å². The smallest absolute Gasteiger partial charge is 0.252 e. The largest absolute Gasteiger partial charge is 0.382 e. The molecule has 2 aromatic carbocycles. The first kappa shape index (κ1) is 30.9. The normalized spacial score (nSPS) is 26.8. The molecule has 46 heavy (non-hydrogen) atoms. The Balaban J connectivity index is 0.000000147. The fourth-order valence-corrected chi connectivity index (χ4v) is 7.66. The van der Waals surface area contributed by atoms with Gasteiger partial charge in [0.15, 0.2) is 0 Å². The Kier molecular flexibility index (Phi) is 7.71. The number of carbonyl (C=O) groups is 2. The second-order valence-electron chi connectivity index (χ2n) is 15.9. The molecule has 0 amide bonds. The van der Waals surface area contributed by atoms with Gasteiger partial charge in [0.2, 0.25) is 0 Å². The molecular formula is C36H48N8O2. The topological polar surface area (TPSA) is 118 Å². The van der Waals surface area contributed by atoms with E-state index >= 15 is 0 Å². The molecular weight excluding hydrogens is 576 g/mol. The van der Waals surface area contributed by atoms with E-state index in [1.54, 1.807) is 12.4 Å². The standard InChI is InChI=1S/2C18H24N4O/c2*1-18(2,3)17(23)22-16-5-4-13(7-12(16)10-20-22)21-15-8-14-6-11(15)9-19-14/h2*4-5,7,10-11,14-15,19,21H,6,8-9H2,1-3H3. The van der Waals surface area contributed by atoms with E-state index in [2.05, 4.69) is 55.7 Å². The van der Waals surface area contributed by atoms with Crippen LogP contribution >= 0.6 is 0 Å². The average molecular weight is 625 g/mol. The summed E-state index contributed by atoms with van der Waals surface area (Å²) in [5.74, 6) is 1.52. The quantitative estimate of drug-likeness (QED) is 0.226. The molecule has 2 saturated heterocycles. The number of piperidine rings is 2. The summed E-state index contributed by atoms with van der Waals surface area (Å²) in [6, 6.07) is 14.8. The van der Waals surface area contributed by atoms with Crippen LogP contribution in [0.25, 0.3) is 21.8 Å². The van der Waals surface area contributed by atoms with Gasteiger partial charge in [0, 0.05) is 70.2 Å². The highest BCUT2D eigenvalue weighted by atomic mass is 16.2. The lowest BCUT2D eigenvalue weighted by Gasteiger charge is -2.24. The fourth-order valence-electron chi connectivity index (χ4n) is 7.66. The highest BCUT2D eigenvalue weighted by molar-refractivity contribution is 5.95. The summed E-state index contributed by atoms with van der Waals surface area (Å²) < 4.78 is 3.06. The van der Waals surface area contributed by atoms with Crippen LogP contribution in [0.2, 0.25) is 0 Å². The molecule has 0 spiro atoms. The number of anilines is 2. The Bertz CT molecular complexity index is 1650. The molecule has 4 bridgehead atoms. The number of aromatic nitrogens is 4. The SMILES string of the molecule is CC(C)(C)C(=O)n1ncc2cc(NC3CC4CC3CN4)ccc21.CC(C)(C)C(=O)n1ncc2cc(NC3CC4CC3CN4)ccc21. The molecule has 4 heterocycles. The summed E-state index contributed by atoms with van der Waals surface area (Å²) in [5, 5.41) is 25.0. The van der Waals surface area contributed by atoms with Gasteiger partial charge in [-0.15, -0.1) is 0 Å². The number of hydrogen-bond donors (Lipinski definition) is 4. The van der Waals surface area contributed by atoms with E-state index in [0.29, 0.717) is 24.2 Å². The number of carbonyl (C=O) groups excluding carboxylic acids is 2. The van der Waals surface area contributed by atoms with E-state index in [1.165, 1.54) is 35.0 Å². The number of nitrogens with one attached hydrogen (secondary N) is 4. The van der Waals surface area contributed by atoms with Crippen molar-refractivity contribution in [2.75, 3.05) is 23.7 Å². The maximum Gasteiger partial charge on any atom is 0.252 e. The van der Waals surface area contributed by atoms with Crippen LogP contribution in [0.3, 0.4) is 0 Å². The molecule has 10 heteroatoms. The first-order valence-electron chi connectivity index (χ1n) is 16.9. The zero-order valence-electron chi connectivity index (χ0n) is 27.9. The van der Waals surface area contributed by atoms with Gasteiger partial charge in [0.05, 0.1) is 23.4 Å². The number of nitrogens with zero attached hydrogens (tertiary/aromatic N) is 4. The number of benzene rings is 2. The summed E-state index contributed by atoms with van der Waals surface area (Å²) in [7, 11) is 0. The maximum atomic E-state index is 12.5. The molecule has 2 aromatic heterocycles. The Hall–Kier alpha value is -3.76. The Morgan fingerprint density at radius 3 is 1.41 bits per heavy atom. The molecule has 2 saturated carbocycles. The summed E-state index contributed by atoms with van der Waals surface area (Å²) in [4.78, 5) is 24.9. The molecule has 244 valence electrons. The van der Waals surface area contributed by atoms with Gasteiger partial charge in [0.1, 0.15) is 0 Å². The minimum absolute atomic E-state index is 0.0207. The van der Waals surface area contributed by atoms with Gasteiger partial charge in [-0.1, -0.05) is 41.5 Å². The van der Waals surface area contributed by atoms with Crippen molar-refractivity contribution >= 4 is 45.0 Å². The van der Waals surface area contributed by atoms with Gasteiger partial charge in [-0.3, -0.25) is 9.59 Å². The first-order chi connectivity index (χ1) is 21.8. The first-order valence-corrected chi connectivity index (χ1v) is 16.9. The third-order valence-corrected chi connectivity index (χ3v) is 10.2. The molecule has 4 N–H and O–H groups in total. The van der Waals surface area contributed by atoms with Crippen molar-refractivity contribution in [2.45, 2.75) is 91.4 Å². The lowest BCUT2D eigenvalue weighted by atomic mass is 9.96. The molecule has 2 aliphatic carbocycles. The monoisotopic (exact) mass is 624 g/mol. The second kappa shape index (κ2) is 11.5.